The van der Waals surface area contributed by atoms with Gasteiger partial charge < -0.3 is 0 Å². The van der Waals surface area contributed by atoms with Crippen molar-refractivity contribution in [1.29, 1.82) is 0 Å². The van der Waals surface area contributed by atoms with Crippen LogP contribution in [0.4, 0.5) is 8.78 Å². The van der Waals surface area contributed by atoms with Crippen LogP contribution in [0.1, 0.15) is 62.8 Å². The highest BCUT2D eigenvalue weighted by Gasteiger charge is 2.35. The van der Waals surface area contributed by atoms with Crippen molar-refractivity contribution in [1.82, 2.24) is 9.78 Å². The van der Waals surface area contributed by atoms with Gasteiger partial charge in [-0.25, -0.2) is 0 Å². The molecule has 2 aliphatic carbocycles. The van der Waals surface area contributed by atoms with Crippen molar-refractivity contribution in [2.45, 2.75) is 63.8 Å². The molecule has 0 saturated heterocycles. The minimum atomic E-state index is -2.95. The topological polar surface area (TPSA) is 34.9 Å². The largest absolute Gasteiger partial charge is 0.297 e. The molecule has 1 aromatic rings. The molecule has 20 heavy (non-hydrogen) atoms. The minimum absolute atomic E-state index is 0.00382. The average Bonchev–Trinajstić information content (AvgIpc) is 2.91. The number of nitrogens with zero attached hydrogens (tertiary/aromatic N) is 2. The summed E-state index contributed by atoms with van der Waals surface area (Å²) in [6.45, 7) is 0.868. The number of alkyl halides is 2. The molecule has 0 aliphatic heterocycles. The lowest BCUT2D eigenvalue weighted by Gasteiger charge is -2.14. The summed E-state index contributed by atoms with van der Waals surface area (Å²) in [5, 5.41) is 4.27. The molecule has 0 aromatic carbocycles. The molecule has 0 atom stereocenters. The first-order valence-corrected chi connectivity index (χ1v) is 7.44. The highest BCUT2D eigenvalue weighted by atomic mass is 19.3. The fraction of sp³-hybridized carbons (Fsp3) is 0.733. The van der Waals surface area contributed by atoms with Crippen LogP contribution in [-0.4, -0.2) is 15.6 Å². The summed E-state index contributed by atoms with van der Waals surface area (Å²) in [7, 11) is 0. The first kappa shape index (κ1) is 13.7. The standard InChI is InChI=1S/C15H20F2N2O/c1-15(16,17)14-8-12(10-6-7-10)18-19(14)9-13(20)11-4-2-3-5-11/h8,10-11H,2-7,9H2,1H3. The molecule has 2 aliphatic rings. The van der Waals surface area contributed by atoms with Crippen molar-refractivity contribution < 1.29 is 13.6 Å². The first-order chi connectivity index (χ1) is 9.45. The molecule has 3 nitrogen and oxygen atoms in total. The van der Waals surface area contributed by atoms with Crippen LogP contribution < -0.4 is 0 Å². The second kappa shape index (κ2) is 4.93. The van der Waals surface area contributed by atoms with Crippen molar-refractivity contribution in [2.75, 3.05) is 0 Å². The van der Waals surface area contributed by atoms with Crippen molar-refractivity contribution in [3.8, 4) is 0 Å². The van der Waals surface area contributed by atoms with Crippen molar-refractivity contribution in [2.24, 2.45) is 5.92 Å². The Morgan fingerprint density at radius 1 is 1.35 bits per heavy atom. The zero-order chi connectivity index (χ0) is 14.3. The van der Waals surface area contributed by atoms with Crippen LogP contribution in [0.5, 0.6) is 0 Å². The zero-order valence-corrected chi connectivity index (χ0v) is 11.7. The number of Topliss-reactive ketones (excluding diaryl/α,β-unsaturated/α-hetero) is 1. The molecule has 110 valence electrons. The highest BCUT2D eigenvalue weighted by molar-refractivity contribution is 5.81. The van der Waals surface area contributed by atoms with E-state index in [1.165, 1.54) is 10.7 Å². The van der Waals surface area contributed by atoms with Crippen LogP contribution in [0.15, 0.2) is 6.07 Å². The molecule has 0 spiro atoms. The van der Waals surface area contributed by atoms with E-state index in [0.717, 1.165) is 51.1 Å². The maximum absolute atomic E-state index is 13.7. The Labute approximate surface area is 117 Å². The lowest BCUT2D eigenvalue weighted by molar-refractivity contribution is -0.123. The van der Waals surface area contributed by atoms with E-state index in [-0.39, 0.29) is 23.9 Å². The molecule has 1 aromatic heterocycles. The third-order valence-electron chi connectivity index (χ3n) is 4.36. The summed E-state index contributed by atoms with van der Waals surface area (Å²) >= 11 is 0. The van der Waals surface area contributed by atoms with Gasteiger partial charge in [0.1, 0.15) is 12.2 Å². The lowest BCUT2D eigenvalue weighted by Crippen LogP contribution is -2.23. The lowest BCUT2D eigenvalue weighted by atomic mass is 10.0. The van der Waals surface area contributed by atoms with E-state index in [1.54, 1.807) is 0 Å². The van der Waals surface area contributed by atoms with E-state index >= 15 is 0 Å². The van der Waals surface area contributed by atoms with Crippen LogP contribution >= 0.6 is 0 Å². The fourth-order valence-corrected chi connectivity index (χ4v) is 3.01. The number of hydrogen-bond acceptors (Lipinski definition) is 2. The highest BCUT2D eigenvalue weighted by Crippen LogP contribution is 2.41. The SMILES string of the molecule is CC(F)(F)c1cc(C2CC2)nn1CC(=O)C1CCCC1. The maximum atomic E-state index is 13.7. The van der Waals surface area contributed by atoms with Crippen molar-refractivity contribution in [3.63, 3.8) is 0 Å². The van der Waals surface area contributed by atoms with Gasteiger partial charge in [-0.2, -0.15) is 13.9 Å². The summed E-state index contributed by atoms with van der Waals surface area (Å²) in [6.07, 6.45) is 5.96. The fourth-order valence-electron chi connectivity index (χ4n) is 3.01. The van der Waals surface area contributed by atoms with Crippen LogP contribution in [0.2, 0.25) is 0 Å². The van der Waals surface area contributed by atoms with Gasteiger partial charge >= 0.3 is 0 Å². The first-order valence-electron chi connectivity index (χ1n) is 7.44. The Morgan fingerprint density at radius 3 is 2.55 bits per heavy atom. The van der Waals surface area contributed by atoms with Crippen molar-refractivity contribution >= 4 is 5.78 Å². The molecule has 1 heterocycles. The minimum Gasteiger partial charge on any atom is -0.297 e. The second-order valence-electron chi connectivity index (χ2n) is 6.22. The second-order valence-corrected chi connectivity index (χ2v) is 6.22. The van der Waals surface area contributed by atoms with E-state index in [2.05, 4.69) is 5.10 Å². The molecule has 0 bridgehead atoms. The van der Waals surface area contributed by atoms with Gasteiger partial charge in [0.15, 0.2) is 5.78 Å². The van der Waals surface area contributed by atoms with Gasteiger partial charge in [-0.15, -0.1) is 0 Å². The van der Waals surface area contributed by atoms with Crippen molar-refractivity contribution in [3.05, 3.63) is 17.5 Å². The Bertz CT molecular complexity index is 508. The molecule has 0 radical (unpaired) electrons. The molecule has 5 heteroatoms. The molecule has 3 rings (SSSR count). The quantitative estimate of drug-likeness (QED) is 0.826. The normalized spacial score (nSPS) is 20.6. The average molecular weight is 282 g/mol. The third-order valence-corrected chi connectivity index (χ3v) is 4.36. The summed E-state index contributed by atoms with van der Waals surface area (Å²) < 4.78 is 28.6. The molecule has 2 fully saturated rings. The van der Waals surface area contributed by atoms with Gasteiger partial charge in [0, 0.05) is 18.8 Å². The zero-order valence-electron chi connectivity index (χ0n) is 11.7. The Hall–Kier alpha value is -1.26. The van der Waals surface area contributed by atoms with E-state index in [0.29, 0.717) is 5.92 Å². The number of ketones is 1. The monoisotopic (exact) mass is 282 g/mol. The van der Waals surface area contributed by atoms with E-state index < -0.39 is 5.92 Å². The molecular formula is C15H20F2N2O. The van der Waals surface area contributed by atoms with Gasteiger partial charge in [-0.3, -0.25) is 9.48 Å². The Morgan fingerprint density at radius 2 is 2.00 bits per heavy atom. The summed E-state index contributed by atoms with van der Waals surface area (Å²) in [6, 6.07) is 1.49. The summed E-state index contributed by atoms with van der Waals surface area (Å²) in [4.78, 5) is 12.2. The van der Waals surface area contributed by atoms with E-state index in [4.69, 9.17) is 0 Å². The van der Waals surface area contributed by atoms with Crippen LogP contribution in [0.25, 0.3) is 0 Å². The maximum Gasteiger partial charge on any atom is 0.286 e. The number of carbonyl (C=O) groups is 1. The molecule has 0 N–H and O–H groups in total. The van der Waals surface area contributed by atoms with Crippen LogP contribution in [0, 0.1) is 5.92 Å². The van der Waals surface area contributed by atoms with E-state index in [9.17, 15) is 13.6 Å². The third kappa shape index (κ3) is 2.76. The van der Waals surface area contributed by atoms with Gasteiger partial charge in [0.2, 0.25) is 0 Å². The molecule has 0 unspecified atom stereocenters. The van der Waals surface area contributed by atoms with E-state index in [1.807, 2.05) is 0 Å². The predicted molar refractivity (Wildman–Crippen MR) is 70.7 cm³/mol. The van der Waals surface area contributed by atoms with Crippen LogP contribution in [-0.2, 0) is 17.3 Å². The van der Waals surface area contributed by atoms with Gasteiger partial charge in [0.05, 0.1) is 5.69 Å². The number of aromatic nitrogens is 2. The smallest absolute Gasteiger partial charge is 0.286 e. The number of rotatable bonds is 5. The predicted octanol–water partition coefficient (Wildman–Crippen LogP) is 3.63. The van der Waals surface area contributed by atoms with Gasteiger partial charge in [-0.05, 0) is 31.7 Å². The molecule has 2 saturated carbocycles. The molecular weight excluding hydrogens is 262 g/mol. The van der Waals surface area contributed by atoms with Gasteiger partial charge in [0.25, 0.3) is 5.92 Å². The Kier molecular flexibility index (Phi) is 3.38. The molecule has 0 amide bonds. The number of hydrogen-bond donors (Lipinski definition) is 0. The summed E-state index contributed by atoms with van der Waals surface area (Å²) in [5.41, 5.74) is 0.603. The summed E-state index contributed by atoms with van der Waals surface area (Å²) in [5.74, 6) is -2.53. The Balaban J connectivity index is 1.81. The number of carbonyl (C=O) groups excluding carboxylic acids is 1. The van der Waals surface area contributed by atoms with Gasteiger partial charge in [-0.1, -0.05) is 12.8 Å². The number of halogens is 2. The van der Waals surface area contributed by atoms with Crippen LogP contribution in [0.3, 0.4) is 0 Å².